The van der Waals surface area contributed by atoms with Crippen LogP contribution in [0.2, 0.25) is 0 Å². The van der Waals surface area contributed by atoms with Gasteiger partial charge in [-0.05, 0) is 43.5 Å². The monoisotopic (exact) mass is 320 g/mol. The molecule has 0 spiro atoms. The Hall–Kier alpha value is -1.84. The Labute approximate surface area is 138 Å². The molecule has 1 N–H and O–H groups in total. The largest absolute Gasteiger partial charge is 0.508 e. The molecule has 1 rings (SSSR count). The molecule has 23 heavy (non-hydrogen) atoms. The standard InChI is InChI=1S/C19H28O4/c1-3-8-16(19(22)15(2)20)9-6-4-5-7-14-23-18-12-10-17(21)11-13-18/h10-13,16,21H,3-9,14H2,1-2H3. The highest BCUT2D eigenvalue weighted by molar-refractivity contribution is 6.37. The number of hydrogen-bond donors (Lipinski definition) is 1. The molecule has 4 nitrogen and oxygen atoms in total. The van der Waals surface area contributed by atoms with E-state index in [1.165, 1.54) is 6.92 Å². The Morgan fingerprint density at radius 2 is 1.70 bits per heavy atom. The Morgan fingerprint density at radius 3 is 2.30 bits per heavy atom. The van der Waals surface area contributed by atoms with Gasteiger partial charge in [0.05, 0.1) is 6.61 Å². The van der Waals surface area contributed by atoms with Gasteiger partial charge in [-0.15, -0.1) is 0 Å². The minimum Gasteiger partial charge on any atom is -0.508 e. The molecular formula is C19H28O4. The summed E-state index contributed by atoms with van der Waals surface area (Å²) in [5.41, 5.74) is 0. The van der Waals surface area contributed by atoms with Crippen LogP contribution in [0.5, 0.6) is 11.5 Å². The van der Waals surface area contributed by atoms with Gasteiger partial charge in [0.1, 0.15) is 11.5 Å². The lowest BCUT2D eigenvalue weighted by Gasteiger charge is -2.13. The number of phenolic OH excluding ortho intramolecular Hbond substituents is 1. The molecule has 128 valence electrons. The van der Waals surface area contributed by atoms with Gasteiger partial charge >= 0.3 is 0 Å². The van der Waals surface area contributed by atoms with Gasteiger partial charge in [0.25, 0.3) is 0 Å². The molecule has 0 aromatic heterocycles. The van der Waals surface area contributed by atoms with Crippen LogP contribution in [0.3, 0.4) is 0 Å². The lowest BCUT2D eigenvalue weighted by Crippen LogP contribution is -2.21. The average Bonchev–Trinajstić information content (AvgIpc) is 2.53. The zero-order valence-electron chi connectivity index (χ0n) is 14.2. The van der Waals surface area contributed by atoms with Crippen molar-refractivity contribution in [3.8, 4) is 11.5 Å². The molecule has 0 radical (unpaired) electrons. The van der Waals surface area contributed by atoms with Crippen LogP contribution in [0.1, 0.15) is 58.8 Å². The number of Topliss-reactive ketones (excluding diaryl/α,β-unsaturated/α-hetero) is 2. The number of unbranched alkanes of at least 4 members (excludes halogenated alkanes) is 3. The number of ether oxygens (including phenoxy) is 1. The molecule has 0 amide bonds. The van der Waals surface area contributed by atoms with Gasteiger partial charge < -0.3 is 9.84 Å². The van der Waals surface area contributed by atoms with Crippen LogP contribution < -0.4 is 4.74 Å². The predicted octanol–water partition coefficient (Wildman–Crippen LogP) is 4.30. The number of carbonyl (C=O) groups is 2. The van der Waals surface area contributed by atoms with Crippen LogP contribution in [0.4, 0.5) is 0 Å². The molecule has 0 fully saturated rings. The Kier molecular flexibility index (Phi) is 9.03. The number of rotatable bonds is 12. The number of ketones is 2. The van der Waals surface area contributed by atoms with Gasteiger partial charge in [-0.1, -0.05) is 32.6 Å². The third kappa shape index (κ3) is 7.82. The number of carbonyl (C=O) groups excluding carboxylic acids is 2. The van der Waals surface area contributed by atoms with Crippen LogP contribution in [0.25, 0.3) is 0 Å². The van der Waals surface area contributed by atoms with Crippen molar-refractivity contribution in [1.29, 1.82) is 0 Å². The van der Waals surface area contributed by atoms with Gasteiger partial charge in [-0.2, -0.15) is 0 Å². The van der Waals surface area contributed by atoms with Crippen molar-refractivity contribution in [3.63, 3.8) is 0 Å². The first-order valence-corrected chi connectivity index (χ1v) is 8.51. The molecule has 0 bridgehead atoms. The molecule has 0 heterocycles. The summed E-state index contributed by atoms with van der Waals surface area (Å²) in [6.45, 7) is 4.06. The average molecular weight is 320 g/mol. The highest BCUT2D eigenvalue weighted by Crippen LogP contribution is 2.19. The molecule has 0 aliphatic heterocycles. The van der Waals surface area contributed by atoms with Crippen molar-refractivity contribution >= 4 is 11.6 Å². The molecule has 1 unspecified atom stereocenters. The number of hydrogen-bond acceptors (Lipinski definition) is 4. The quantitative estimate of drug-likeness (QED) is 0.461. The van der Waals surface area contributed by atoms with Crippen LogP contribution in [-0.4, -0.2) is 23.3 Å². The first-order valence-electron chi connectivity index (χ1n) is 8.51. The Bertz CT molecular complexity index is 479. The van der Waals surface area contributed by atoms with Gasteiger partial charge in [0, 0.05) is 12.8 Å². The number of aromatic hydroxyl groups is 1. The molecule has 1 atom stereocenters. The molecule has 0 saturated carbocycles. The Balaban J connectivity index is 2.12. The summed E-state index contributed by atoms with van der Waals surface area (Å²) in [7, 11) is 0. The lowest BCUT2D eigenvalue weighted by atomic mass is 9.90. The minimum atomic E-state index is -0.314. The first kappa shape index (κ1) is 19.2. The summed E-state index contributed by atoms with van der Waals surface area (Å²) < 4.78 is 5.59. The summed E-state index contributed by atoms with van der Waals surface area (Å²) in [5, 5.41) is 9.18. The maximum absolute atomic E-state index is 11.8. The summed E-state index contributed by atoms with van der Waals surface area (Å²) in [5.74, 6) is 0.385. The summed E-state index contributed by atoms with van der Waals surface area (Å²) in [4.78, 5) is 23.0. The van der Waals surface area contributed by atoms with E-state index in [1.54, 1.807) is 24.3 Å². The zero-order valence-corrected chi connectivity index (χ0v) is 14.2. The van der Waals surface area contributed by atoms with E-state index in [0.717, 1.165) is 50.7 Å². The van der Waals surface area contributed by atoms with Crippen molar-refractivity contribution in [1.82, 2.24) is 0 Å². The minimum absolute atomic E-state index is 0.0919. The molecule has 0 saturated heterocycles. The van der Waals surface area contributed by atoms with Crippen LogP contribution in [0, 0.1) is 5.92 Å². The van der Waals surface area contributed by atoms with E-state index in [2.05, 4.69) is 0 Å². The molecule has 1 aromatic rings. The summed E-state index contributed by atoms with van der Waals surface area (Å²) in [6.07, 6.45) is 6.58. The van der Waals surface area contributed by atoms with Crippen LogP contribution in [0.15, 0.2) is 24.3 Å². The molecule has 4 heteroatoms. The van der Waals surface area contributed by atoms with Crippen molar-refractivity contribution in [2.45, 2.75) is 58.8 Å². The predicted molar refractivity (Wildman–Crippen MR) is 90.8 cm³/mol. The molecule has 0 aliphatic rings. The lowest BCUT2D eigenvalue weighted by molar-refractivity contribution is -0.138. The van der Waals surface area contributed by atoms with Crippen molar-refractivity contribution in [3.05, 3.63) is 24.3 Å². The van der Waals surface area contributed by atoms with Crippen molar-refractivity contribution in [2.75, 3.05) is 6.61 Å². The molecular weight excluding hydrogens is 292 g/mol. The number of phenols is 1. The highest BCUT2D eigenvalue weighted by Gasteiger charge is 2.20. The third-order valence-corrected chi connectivity index (χ3v) is 3.91. The second kappa shape index (κ2) is 10.8. The van der Waals surface area contributed by atoms with Gasteiger partial charge in [-0.25, -0.2) is 0 Å². The van der Waals surface area contributed by atoms with Crippen LogP contribution in [-0.2, 0) is 9.59 Å². The highest BCUT2D eigenvalue weighted by atomic mass is 16.5. The van der Waals surface area contributed by atoms with Gasteiger partial charge in [0.15, 0.2) is 5.78 Å². The fourth-order valence-electron chi connectivity index (χ4n) is 2.62. The SMILES string of the molecule is CCCC(CCCCCCOc1ccc(O)cc1)C(=O)C(C)=O. The molecule has 0 aliphatic carbocycles. The maximum Gasteiger partial charge on any atom is 0.201 e. The van der Waals surface area contributed by atoms with Crippen LogP contribution >= 0.6 is 0 Å². The fourth-order valence-corrected chi connectivity index (χ4v) is 2.62. The normalized spacial score (nSPS) is 11.9. The number of benzene rings is 1. The third-order valence-electron chi connectivity index (χ3n) is 3.91. The zero-order chi connectivity index (χ0) is 17.1. The second-order valence-corrected chi connectivity index (χ2v) is 5.95. The smallest absolute Gasteiger partial charge is 0.201 e. The van der Waals surface area contributed by atoms with E-state index in [-0.39, 0.29) is 23.2 Å². The van der Waals surface area contributed by atoms with E-state index in [9.17, 15) is 14.7 Å². The van der Waals surface area contributed by atoms with Gasteiger partial charge in [-0.3, -0.25) is 9.59 Å². The van der Waals surface area contributed by atoms with E-state index >= 15 is 0 Å². The van der Waals surface area contributed by atoms with E-state index in [0.29, 0.717) is 6.61 Å². The maximum atomic E-state index is 11.8. The second-order valence-electron chi connectivity index (χ2n) is 5.95. The first-order chi connectivity index (χ1) is 11.0. The van der Waals surface area contributed by atoms with E-state index in [1.807, 2.05) is 6.92 Å². The van der Waals surface area contributed by atoms with Gasteiger partial charge in [0.2, 0.25) is 5.78 Å². The fraction of sp³-hybridized carbons (Fsp3) is 0.579. The Morgan fingerprint density at radius 1 is 1.04 bits per heavy atom. The van der Waals surface area contributed by atoms with Crippen molar-refractivity contribution < 1.29 is 19.4 Å². The van der Waals surface area contributed by atoms with E-state index < -0.39 is 0 Å². The summed E-state index contributed by atoms with van der Waals surface area (Å²) >= 11 is 0. The van der Waals surface area contributed by atoms with E-state index in [4.69, 9.17) is 4.74 Å². The van der Waals surface area contributed by atoms with Crippen molar-refractivity contribution in [2.24, 2.45) is 5.92 Å². The summed E-state index contributed by atoms with van der Waals surface area (Å²) in [6, 6.07) is 6.71. The topological polar surface area (TPSA) is 63.6 Å². The molecule has 1 aromatic carbocycles.